The number of rotatable bonds is 6. The monoisotopic (exact) mass is 353 g/mol. The highest BCUT2D eigenvalue weighted by atomic mass is 32.2. The summed E-state index contributed by atoms with van der Waals surface area (Å²) in [5.41, 5.74) is 0.555. The summed E-state index contributed by atoms with van der Waals surface area (Å²) >= 11 is 0. The zero-order valence-electron chi connectivity index (χ0n) is 12.7. The van der Waals surface area contributed by atoms with E-state index in [-0.39, 0.29) is 17.1 Å². The van der Waals surface area contributed by atoms with Crippen LogP contribution in [0.5, 0.6) is 5.75 Å². The molecule has 9 heteroatoms. The first kappa shape index (κ1) is 17.7. The van der Waals surface area contributed by atoms with E-state index in [0.717, 1.165) is 0 Å². The first-order valence-electron chi connectivity index (χ1n) is 6.80. The average molecular weight is 353 g/mol. The Morgan fingerprint density at radius 3 is 2.42 bits per heavy atom. The number of benzene rings is 2. The summed E-state index contributed by atoms with van der Waals surface area (Å²) in [5, 5.41) is 10.2. The maximum absolute atomic E-state index is 13.7. The lowest BCUT2D eigenvalue weighted by Gasteiger charge is -2.10. The molecule has 0 saturated carbocycles. The summed E-state index contributed by atoms with van der Waals surface area (Å²) in [6, 6.07) is 9.60. The van der Waals surface area contributed by atoms with Gasteiger partial charge in [0.2, 0.25) is 15.9 Å². The molecule has 1 amide bonds. The van der Waals surface area contributed by atoms with Crippen LogP contribution in [0, 0.1) is 5.82 Å². The molecule has 0 aromatic heterocycles. The Morgan fingerprint density at radius 2 is 1.88 bits per heavy atom. The second-order valence-electron chi connectivity index (χ2n) is 4.82. The van der Waals surface area contributed by atoms with Gasteiger partial charge in [0.1, 0.15) is 11.6 Å². The van der Waals surface area contributed by atoms with Gasteiger partial charge in [-0.15, -0.1) is 0 Å². The van der Waals surface area contributed by atoms with Crippen molar-refractivity contribution in [3.8, 4) is 5.75 Å². The molecular formula is C15H16FN3O4S. The van der Waals surface area contributed by atoms with E-state index < -0.39 is 21.7 Å². The molecule has 2 aromatic carbocycles. The number of methoxy groups -OCH3 is 1. The fourth-order valence-electron chi connectivity index (χ4n) is 1.87. The Balaban J connectivity index is 1.94. The molecule has 2 aromatic rings. The van der Waals surface area contributed by atoms with Gasteiger partial charge in [-0.25, -0.2) is 17.9 Å². The van der Waals surface area contributed by atoms with Gasteiger partial charge in [0.25, 0.3) is 0 Å². The normalized spacial score (nSPS) is 11.0. The van der Waals surface area contributed by atoms with Gasteiger partial charge in [0, 0.05) is 11.8 Å². The number of halogens is 1. The van der Waals surface area contributed by atoms with Crippen LogP contribution in [0.25, 0.3) is 0 Å². The number of amides is 1. The Bertz CT molecular complexity index is 838. The molecule has 24 heavy (non-hydrogen) atoms. The molecule has 0 heterocycles. The summed E-state index contributed by atoms with van der Waals surface area (Å²) in [6.07, 6.45) is 0. The Morgan fingerprint density at radius 1 is 1.21 bits per heavy atom. The van der Waals surface area contributed by atoms with Crippen molar-refractivity contribution in [1.82, 2.24) is 0 Å². The predicted molar refractivity (Wildman–Crippen MR) is 87.9 cm³/mol. The summed E-state index contributed by atoms with van der Waals surface area (Å²) < 4.78 is 40.9. The lowest BCUT2D eigenvalue weighted by Crippen LogP contribution is -2.22. The number of hydrogen-bond donors (Lipinski definition) is 3. The number of hydrogen-bond acceptors (Lipinski definition) is 5. The number of nitrogens with two attached hydrogens (primary N) is 1. The lowest BCUT2D eigenvalue weighted by molar-refractivity contribution is -0.114. The maximum Gasteiger partial charge on any atom is 0.243 e. The zero-order chi connectivity index (χ0) is 17.7. The molecule has 0 aliphatic heterocycles. The Labute approximate surface area is 138 Å². The van der Waals surface area contributed by atoms with Crippen molar-refractivity contribution < 1.29 is 22.3 Å². The number of nitrogens with one attached hydrogen (secondary N) is 2. The van der Waals surface area contributed by atoms with Crippen LogP contribution in [-0.2, 0) is 14.8 Å². The van der Waals surface area contributed by atoms with Crippen molar-refractivity contribution in [1.29, 1.82) is 0 Å². The molecule has 2 rings (SSSR count). The van der Waals surface area contributed by atoms with Gasteiger partial charge in [0.15, 0.2) is 0 Å². The minimum Gasteiger partial charge on any atom is -0.497 e. The minimum absolute atomic E-state index is 0.0565. The summed E-state index contributed by atoms with van der Waals surface area (Å²) in [6.45, 7) is -0.166. The molecule has 0 radical (unpaired) electrons. The quantitative estimate of drug-likeness (QED) is 0.729. The van der Waals surface area contributed by atoms with Crippen molar-refractivity contribution in [3.63, 3.8) is 0 Å². The van der Waals surface area contributed by atoms with Gasteiger partial charge in [-0.2, -0.15) is 0 Å². The topological polar surface area (TPSA) is 111 Å². The second kappa shape index (κ2) is 7.28. The Kier molecular flexibility index (Phi) is 5.37. The van der Waals surface area contributed by atoms with Crippen LogP contribution in [0.2, 0.25) is 0 Å². The van der Waals surface area contributed by atoms with Crippen LogP contribution in [0.4, 0.5) is 15.8 Å². The maximum atomic E-state index is 13.7. The van der Waals surface area contributed by atoms with Crippen LogP contribution < -0.4 is 20.5 Å². The van der Waals surface area contributed by atoms with Crippen molar-refractivity contribution in [2.45, 2.75) is 4.90 Å². The van der Waals surface area contributed by atoms with Crippen LogP contribution in [0.1, 0.15) is 0 Å². The molecule has 0 fully saturated rings. The first-order chi connectivity index (χ1) is 11.3. The summed E-state index contributed by atoms with van der Waals surface area (Å²) in [4.78, 5) is 11.8. The number of carbonyl (C=O) groups is 1. The van der Waals surface area contributed by atoms with Crippen LogP contribution in [0.15, 0.2) is 47.4 Å². The van der Waals surface area contributed by atoms with Crippen molar-refractivity contribution in [2.24, 2.45) is 5.14 Å². The third-order valence-electron chi connectivity index (χ3n) is 3.08. The standard InChI is InChI=1S/C15H16FN3O4S/c1-23-11-4-7-14(13(16)8-11)18-9-15(20)19-10-2-5-12(6-3-10)24(17,21)22/h2-8,18H,9H2,1H3,(H,19,20)(H2,17,21,22). The van der Waals surface area contributed by atoms with Crippen LogP contribution >= 0.6 is 0 Å². The Hall–Kier alpha value is -2.65. The SMILES string of the molecule is COc1ccc(NCC(=O)Nc2ccc(S(N)(=O)=O)cc2)c(F)c1. The molecule has 0 aliphatic rings. The van der Waals surface area contributed by atoms with Crippen LogP contribution in [-0.4, -0.2) is 28.0 Å². The van der Waals surface area contributed by atoms with Gasteiger partial charge < -0.3 is 15.4 Å². The van der Waals surface area contributed by atoms with Crippen molar-refractivity contribution in [3.05, 3.63) is 48.3 Å². The fourth-order valence-corrected chi connectivity index (χ4v) is 2.39. The van der Waals surface area contributed by atoms with Gasteiger partial charge in [0.05, 0.1) is 24.2 Å². The molecular weight excluding hydrogens is 337 g/mol. The van der Waals surface area contributed by atoms with E-state index in [0.29, 0.717) is 11.4 Å². The van der Waals surface area contributed by atoms with Crippen molar-refractivity contribution >= 4 is 27.3 Å². The number of sulfonamides is 1. The van der Waals surface area contributed by atoms with E-state index in [9.17, 15) is 17.6 Å². The molecule has 0 atom stereocenters. The van der Waals surface area contributed by atoms with Gasteiger partial charge >= 0.3 is 0 Å². The fraction of sp³-hybridized carbons (Fsp3) is 0.133. The molecule has 0 spiro atoms. The highest BCUT2D eigenvalue weighted by Gasteiger charge is 2.09. The number of carbonyl (C=O) groups excluding carboxylic acids is 1. The van der Waals surface area contributed by atoms with E-state index in [1.54, 1.807) is 6.07 Å². The average Bonchev–Trinajstić information content (AvgIpc) is 2.53. The first-order valence-corrected chi connectivity index (χ1v) is 8.34. The molecule has 0 aliphatic carbocycles. The van der Waals surface area contributed by atoms with E-state index in [4.69, 9.17) is 9.88 Å². The molecule has 0 saturated heterocycles. The minimum atomic E-state index is -3.78. The molecule has 7 nitrogen and oxygen atoms in total. The highest BCUT2D eigenvalue weighted by molar-refractivity contribution is 7.89. The highest BCUT2D eigenvalue weighted by Crippen LogP contribution is 2.20. The van der Waals surface area contributed by atoms with Crippen LogP contribution in [0.3, 0.4) is 0 Å². The predicted octanol–water partition coefficient (Wildman–Crippen LogP) is 1.53. The molecule has 4 N–H and O–H groups in total. The van der Waals surface area contributed by atoms with Gasteiger partial charge in [-0.1, -0.05) is 0 Å². The van der Waals surface area contributed by atoms with Gasteiger partial charge in [-0.3, -0.25) is 4.79 Å². The van der Waals surface area contributed by atoms with E-state index in [2.05, 4.69) is 10.6 Å². The second-order valence-corrected chi connectivity index (χ2v) is 6.38. The van der Waals surface area contributed by atoms with E-state index >= 15 is 0 Å². The summed E-state index contributed by atoms with van der Waals surface area (Å²) in [7, 11) is -2.35. The third kappa shape index (κ3) is 4.67. The van der Waals surface area contributed by atoms with E-state index in [1.807, 2.05) is 0 Å². The smallest absolute Gasteiger partial charge is 0.243 e. The summed E-state index contributed by atoms with van der Waals surface area (Å²) in [5.74, 6) is -0.592. The van der Waals surface area contributed by atoms with Gasteiger partial charge in [-0.05, 0) is 36.4 Å². The lowest BCUT2D eigenvalue weighted by atomic mass is 10.3. The largest absolute Gasteiger partial charge is 0.497 e. The molecule has 128 valence electrons. The number of primary sulfonamides is 1. The zero-order valence-corrected chi connectivity index (χ0v) is 13.6. The third-order valence-corrected chi connectivity index (χ3v) is 4.01. The number of anilines is 2. The van der Waals surface area contributed by atoms with Crippen molar-refractivity contribution in [2.75, 3.05) is 24.3 Å². The molecule has 0 unspecified atom stereocenters. The number of ether oxygens (including phenoxy) is 1. The molecule has 0 bridgehead atoms. The van der Waals surface area contributed by atoms with E-state index in [1.165, 1.54) is 43.5 Å².